The zero-order valence-electron chi connectivity index (χ0n) is 6.90. The molecule has 2 heteroatoms. The lowest BCUT2D eigenvalue weighted by Gasteiger charge is -2.19. The lowest BCUT2D eigenvalue weighted by Crippen LogP contribution is -2.23. The van der Waals surface area contributed by atoms with Crippen LogP contribution in [0.2, 0.25) is 0 Å². The molecule has 0 aromatic carbocycles. The van der Waals surface area contributed by atoms with E-state index in [9.17, 15) is 0 Å². The molecule has 1 aliphatic heterocycles. The van der Waals surface area contributed by atoms with Gasteiger partial charge in [-0.2, -0.15) is 0 Å². The molecule has 2 rings (SSSR count). The van der Waals surface area contributed by atoms with Gasteiger partial charge in [0.2, 0.25) is 0 Å². The Morgan fingerprint density at radius 3 is 2.75 bits per heavy atom. The smallest absolute Gasteiger partial charge is 0.0358 e. The number of hydrogen-bond acceptors (Lipinski definition) is 2. The molecule has 0 radical (unpaired) electrons. The molecule has 2 nitrogen and oxygen atoms in total. The maximum atomic E-state index is 3.99. The van der Waals surface area contributed by atoms with Gasteiger partial charge in [-0.1, -0.05) is 12.2 Å². The SMILES string of the molecule is C1=CCC(c2ccncc2)NC1. The molecule has 1 aromatic rings. The third-order valence-corrected chi connectivity index (χ3v) is 2.13. The number of hydrogen-bond donors (Lipinski definition) is 1. The Balaban J connectivity index is 2.15. The van der Waals surface area contributed by atoms with Gasteiger partial charge in [-0.15, -0.1) is 0 Å². The Kier molecular flexibility index (Phi) is 2.19. The van der Waals surface area contributed by atoms with E-state index in [0.29, 0.717) is 6.04 Å². The van der Waals surface area contributed by atoms with Gasteiger partial charge < -0.3 is 5.32 Å². The van der Waals surface area contributed by atoms with Crippen molar-refractivity contribution in [2.45, 2.75) is 12.5 Å². The zero-order valence-corrected chi connectivity index (χ0v) is 6.90. The van der Waals surface area contributed by atoms with Crippen molar-refractivity contribution < 1.29 is 0 Å². The summed E-state index contributed by atoms with van der Waals surface area (Å²) >= 11 is 0. The number of nitrogens with one attached hydrogen (secondary N) is 1. The van der Waals surface area contributed by atoms with Crippen molar-refractivity contribution in [3.05, 3.63) is 42.2 Å². The molecule has 0 bridgehead atoms. The highest BCUT2D eigenvalue weighted by molar-refractivity contribution is 5.17. The van der Waals surface area contributed by atoms with E-state index in [1.807, 2.05) is 12.4 Å². The first-order valence-electron chi connectivity index (χ1n) is 4.25. The van der Waals surface area contributed by atoms with E-state index >= 15 is 0 Å². The molecule has 2 heterocycles. The van der Waals surface area contributed by atoms with Gasteiger partial charge in [-0.3, -0.25) is 4.98 Å². The van der Waals surface area contributed by atoms with Crippen LogP contribution in [0.5, 0.6) is 0 Å². The largest absolute Gasteiger partial charge is 0.306 e. The van der Waals surface area contributed by atoms with Crippen molar-refractivity contribution in [1.82, 2.24) is 10.3 Å². The van der Waals surface area contributed by atoms with Crippen molar-refractivity contribution in [1.29, 1.82) is 0 Å². The Labute approximate surface area is 72.3 Å². The summed E-state index contributed by atoms with van der Waals surface area (Å²) in [6.07, 6.45) is 9.16. The highest BCUT2D eigenvalue weighted by atomic mass is 14.9. The molecule has 1 aliphatic rings. The molecule has 62 valence electrons. The van der Waals surface area contributed by atoms with E-state index in [4.69, 9.17) is 0 Å². The standard InChI is InChI=1S/C10H12N2/c1-2-6-12-10(3-1)9-4-7-11-8-5-9/h1-2,4-5,7-8,10,12H,3,6H2. The molecule has 0 spiro atoms. The van der Waals surface area contributed by atoms with Gasteiger partial charge >= 0.3 is 0 Å². The van der Waals surface area contributed by atoms with E-state index in [0.717, 1.165) is 13.0 Å². The van der Waals surface area contributed by atoms with Gasteiger partial charge in [-0.05, 0) is 24.1 Å². The molecule has 0 saturated carbocycles. The van der Waals surface area contributed by atoms with Crippen molar-refractivity contribution in [2.24, 2.45) is 0 Å². The fourth-order valence-corrected chi connectivity index (χ4v) is 1.46. The first-order chi connectivity index (χ1) is 5.97. The van der Waals surface area contributed by atoms with Gasteiger partial charge in [0, 0.05) is 25.0 Å². The molecule has 12 heavy (non-hydrogen) atoms. The average Bonchev–Trinajstić information content (AvgIpc) is 2.21. The minimum atomic E-state index is 0.484. The fourth-order valence-electron chi connectivity index (χ4n) is 1.46. The number of nitrogens with zero attached hydrogens (tertiary/aromatic N) is 1. The van der Waals surface area contributed by atoms with Gasteiger partial charge in [-0.25, -0.2) is 0 Å². The molecule has 0 amide bonds. The van der Waals surface area contributed by atoms with E-state index in [1.165, 1.54) is 5.56 Å². The van der Waals surface area contributed by atoms with Crippen LogP contribution in [-0.4, -0.2) is 11.5 Å². The summed E-state index contributed by atoms with van der Waals surface area (Å²) in [6.45, 7) is 0.979. The molecule has 0 aliphatic carbocycles. The van der Waals surface area contributed by atoms with Crippen LogP contribution in [0.4, 0.5) is 0 Å². The summed E-state index contributed by atoms with van der Waals surface area (Å²) in [5, 5.41) is 3.42. The van der Waals surface area contributed by atoms with Gasteiger partial charge in [0.05, 0.1) is 0 Å². The van der Waals surface area contributed by atoms with Crippen LogP contribution in [0.15, 0.2) is 36.7 Å². The summed E-state index contributed by atoms with van der Waals surface area (Å²) in [7, 11) is 0. The van der Waals surface area contributed by atoms with Gasteiger partial charge in [0.25, 0.3) is 0 Å². The topological polar surface area (TPSA) is 24.9 Å². The third-order valence-electron chi connectivity index (χ3n) is 2.13. The Bertz CT molecular complexity index is 266. The highest BCUT2D eigenvalue weighted by Gasteiger charge is 2.09. The second kappa shape index (κ2) is 3.50. The summed E-state index contributed by atoms with van der Waals surface area (Å²) < 4.78 is 0. The predicted molar refractivity (Wildman–Crippen MR) is 48.7 cm³/mol. The monoisotopic (exact) mass is 160 g/mol. The van der Waals surface area contributed by atoms with Crippen LogP contribution >= 0.6 is 0 Å². The second-order valence-corrected chi connectivity index (χ2v) is 2.95. The lowest BCUT2D eigenvalue weighted by molar-refractivity contribution is 0.554. The number of rotatable bonds is 1. The van der Waals surface area contributed by atoms with Crippen LogP contribution in [0.1, 0.15) is 18.0 Å². The maximum absolute atomic E-state index is 3.99. The molecule has 0 fully saturated rings. The van der Waals surface area contributed by atoms with Crippen molar-refractivity contribution in [3.63, 3.8) is 0 Å². The summed E-state index contributed by atoms with van der Waals surface area (Å²) in [4.78, 5) is 3.99. The average molecular weight is 160 g/mol. The molecule has 1 unspecified atom stereocenters. The van der Waals surface area contributed by atoms with E-state index in [1.54, 1.807) is 0 Å². The first kappa shape index (κ1) is 7.50. The Morgan fingerprint density at radius 1 is 1.25 bits per heavy atom. The minimum absolute atomic E-state index is 0.484. The van der Waals surface area contributed by atoms with Crippen molar-refractivity contribution >= 4 is 0 Å². The van der Waals surface area contributed by atoms with Crippen LogP contribution in [-0.2, 0) is 0 Å². The van der Waals surface area contributed by atoms with Gasteiger partial charge in [0.1, 0.15) is 0 Å². The first-order valence-corrected chi connectivity index (χ1v) is 4.25. The third kappa shape index (κ3) is 1.53. The molecule has 1 atom stereocenters. The Morgan fingerprint density at radius 2 is 2.08 bits per heavy atom. The number of pyridine rings is 1. The van der Waals surface area contributed by atoms with Crippen molar-refractivity contribution in [3.8, 4) is 0 Å². The lowest BCUT2D eigenvalue weighted by atomic mass is 10.0. The second-order valence-electron chi connectivity index (χ2n) is 2.95. The summed E-state index contributed by atoms with van der Waals surface area (Å²) in [5.41, 5.74) is 1.33. The molecule has 1 aromatic heterocycles. The van der Waals surface area contributed by atoms with E-state index < -0.39 is 0 Å². The van der Waals surface area contributed by atoms with Crippen LogP contribution < -0.4 is 5.32 Å². The zero-order chi connectivity index (χ0) is 8.23. The molecule has 0 saturated heterocycles. The van der Waals surface area contributed by atoms with Crippen molar-refractivity contribution in [2.75, 3.05) is 6.54 Å². The summed E-state index contributed by atoms with van der Waals surface area (Å²) in [6, 6.07) is 4.62. The normalized spacial score (nSPS) is 22.5. The fraction of sp³-hybridized carbons (Fsp3) is 0.300. The van der Waals surface area contributed by atoms with Crippen LogP contribution in [0, 0.1) is 0 Å². The predicted octanol–water partition coefficient (Wildman–Crippen LogP) is 1.67. The van der Waals surface area contributed by atoms with E-state index in [2.05, 4.69) is 34.6 Å². The van der Waals surface area contributed by atoms with E-state index in [-0.39, 0.29) is 0 Å². The maximum Gasteiger partial charge on any atom is 0.0358 e. The quantitative estimate of drug-likeness (QED) is 0.632. The highest BCUT2D eigenvalue weighted by Crippen LogP contribution is 2.17. The minimum Gasteiger partial charge on any atom is -0.306 e. The molecular formula is C10H12N2. The molecule has 1 N–H and O–H groups in total. The number of aromatic nitrogens is 1. The van der Waals surface area contributed by atoms with Crippen LogP contribution in [0.3, 0.4) is 0 Å². The van der Waals surface area contributed by atoms with Crippen LogP contribution in [0.25, 0.3) is 0 Å². The molecular weight excluding hydrogens is 148 g/mol. The Hall–Kier alpha value is -1.15. The van der Waals surface area contributed by atoms with Gasteiger partial charge in [0.15, 0.2) is 0 Å². The summed E-state index contributed by atoms with van der Waals surface area (Å²) in [5.74, 6) is 0.